The van der Waals surface area contributed by atoms with Gasteiger partial charge in [-0.3, -0.25) is 9.78 Å². The lowest BCUT2D eigenvalue weighted by Gasteiger charge is -2.29. The number of carbonyl (C=O) groups excluding carboxylic acids is 1. The molecule has 0 saturated carbocycles. The molecule has 3 heterocycles. The summed E-state index contributed by atoms with van der Waals surface area (Å²) in [6.45, 7) is 2.48. The van der Waals surface area contributed by atoms with Crippen molar-refractivity contribution in [1.29, 1.82) is 0 Å². The molecule has 0 aliphatic carbocycles. The second-order valence-electron chi connectivity index (χ2n) is 8.49. The molecule has 0 bridgehead atoms. The van der Waals surface area contributed by atoms with Crippen molar-refractivity contribution >= 4 is 17.3 Å². The fourth-order valence-corrected chi connectivity index (χ4v) is 4.58. The van der Waals surface area contributed by atoms with E-state index in [0.29, 0.717) is 48.3 Å². The molecule has 5 rings (SSSR count). The number of hydrogen-bond acceptors (Lipinski definition) is 5. The van der Waals surface area contributed by atoms with Crippen LogP contribution >= 0.6 is 0 Å². The summed E-state index contributed by atoms with van der Waals surface area (Å²) in [7, 11) is 1.93. The first-order valence-corrected chi connectivity index (χ1v) is 11.3. The number of hydrogen-bond donors (Lipinski definition) is 1. The van der Waals surface area contributed by atoms with Gasteiger partial charge < -0.3 is 19.9 Å². The number of rotatable bonds is 6. The summed E-state index contributed by atoms with van der Waals surface area (Å²) in [5, 5.41) is 3.25. The molecule has 1 saturated heterocycles. The SMILES string of the molecule is CN[C@@H]1CCN(c2ccc(N3CCc4cc(OCc5ccccn5)ccc4C3=O)cc2F)C1. The summed E-state index contributed by atoms with van der Waals surface area (Å²) < 4.78 is 20.8. The Hall–Kier alpha value is -3.45. The topological polar surface area (TPSA) is 57.7 Å². The van der Waals surface area contributed by atoms with Crippen molar-refractivity contribution in [2.24, 2.45) is 0 Å². The zero-order valence-electron chi connectivity index (χ0n) is 18.6. The minimum Gasteiger partial charge on any atom is -0.487 e. The third-order valence-corrected chi connectivity index (χ3v) is 6.45. The van der Waals surface area contributed by atoms with Gasteiger partial charge in [-0.05, 0) is 74.0 Å². The van der Waals surface area contributed by atoms with Crippen LogP contribution in [0.5, 0.6) is 5.75 Å². The number of likely N-dealkylation sites (N-methyl/N-ethyl adjacent to an activating group) is 1. The maximum atomic E-state index is 15.0. The Bertz CT molecular complexity index is 1150. The average Bonchev–Trinajstić information content (AvgIpc) is 3.32. The molecule has 2 aromatic carbocycles. The van der Waals surface area contributed by atoms with Crippen LogP contribution in [-0.4, -0.2) is 43.6 Å². The van der Waals surface area contributed by atoms with E-state index in [2.05, 4.69) is 15.2 Å². The van der Waals surface area contributed by atoms with E-state index in [-0.39, 0.29) is 11.7 Å². The lowest BCUT2D eigenvalue weighted by molar-refractivity contribution is 0.0980. The number of anilines is 2. The monoisotopic (exact) mass is 446 g/mol. The smallest absolute Gasteiger partial charge is 0.258 e. The highest BCUT2D eigenvalue weighted by Crippen LogP contribution is 2.31. The van der Waals surface area contributed by atoms with E-state index in [1.54, 1.807) is 29.3 Å². The quantitative estimate of drug-likeness (QED) is 0.624. The van der Waals surface area contributed by atoms with Gasteiger partial charge in [0.05, 0.1) is 11.4 Å². The number of halogens is 1. The lowest BCUT2D eigenvalue weighted by Crippen LogP contribution is -2.37. The van der Waals surface area contributed by atoms with Gasteiger partial charge in [0.2, 0.25) is 0 Å². The molecule has 7 heteroatoms. The van der Waals surface area contributed by atoms with Gasteiger partial charge in [-0.2, -0.15) is 0 Å². The third-order valence-electron chi connectivity index (χ3n) is 6.45. The number of fused-ring (bicyclic) bond motifs is 1. The number of ether oxygens (including phenoxy) is 1. The summed E-state index contributed by atoms with van der Waals surface area (Å²) >= 11 is 0. The van der Waals surface area contributed by atoms with Crippen molar-refractivity contribution in [1.82, 2.24) is 10.3 Å². The molecule has 1 N–H and O–H groups in total. The molecular weight excluding hydrogens is 419 g/mol. The minimum atomic E-state index is -0.291. The highest BCUT2D eigenvalue weighted by Gasteiger charge is 2.28. The highest BCUT2D eigenvalue weighted by molar-refractivity contribution is 6.08. The molecule has 0 unspecified atom stereocenters. The number of aromatic nitrogens is 1. The van der Waals surface area contributed by atoms with E-state index in [1.807, 2.05) is 37.4 Å². The maximum Gasteiger partial charge on any atom is 0.258 e. The van der Waals surface area contributed by atoms with E-state index >= 15 is 0 Å². The van der Waals surface area contributed by atoms with Gasteiger partial charge in [0.1, 0.15) is 18.2 Å². The molecule has 1 aromatic heterocycles. The number of amides is 1. The fraction of sp³-hybridized carbons (Fsp3) is 0.308. The molecule has 33 heavy (non-hydrogen) atoms. The molecule has 0 radical (unpaired) electrons. The van der Waals surface area contributed by atoms with Crippen molar-refractivity contribution in [3.63, 3.8) is 0 Å². The molecule has 1 amide bonds. The second kappa shape index (κ2) is 9.19. The molecular formula is C26H27FN4O2. The minimum absolute atomic E-state index is 0.115. The van der Waals surface area contributed by atoms with Crippen molar-refractivity contribution < 1.29 is 13.9 Å². The number of benzene rings is 2. The molecule has 170 valence electrons. The number of pyridine rings is 1. The van der Waals surface area contributed by atoms with Crippen LogP contribution in [0.2, 0.25) is 0 Å². The van der Waals surface area contributed by atoms with E-state index in [1.165, 1.54) is 6.07 Å². The van der Waals surface area contributed by atoms with Crippen LogP contribution in [-0.2, 0) is 13.0 Å². The van der Waals surface area contributed by atoms with E-state index in [0.717, 1.165) is 30.8 Å². The lowest BCUT2D eigenvalue weighted by atomic mass is 9.98. The van der Waals surface area contributed by atoms with Crippen LogP contribution in [0.25, 0.3) is 0 Å². The van der Waals surface area contributed by atoms with Crippen LogP contribution in [0.3, 0.4) is 0 Å². The van der Waals surface area contributed by atoms with Gasteiger partial charge in [-0.25, -0.2) is 4.39 Å². The molecule has 2 aliphatic heterocycles. The van der Waals surface area contributed by atoms with Crippen LogP contribution in [0, 0.1) is 5.82 Å². The third kappa shape index (κ3) is 4.41. The first-order chi connectivity index (χ1) is 16.1. The standard InChI is InChI=1S/C26H27FN4O2/c1-28-19-10-12-30(16-19)25-8-5-21(15-24(25)27)31-13-9-18-14-22(6-7-23(18)26(31)32)33-17-20-4-2-3-11-29-20/h2-8,11,14-15,19,28H,9-10,12-13,16-17H2,1H3/t19-/m1/s1. The van der Waals surface area contributed by atoms with Gasteiger partial charge in [-0.15, -0.1) is 0 Å². The Labute approximate surface area is 193 Å². The summed E-state index contributed by atoms with van der Waals surface area (Å²) in [5.74, 6) is 0.304. The predicted octanol–water partition coefficient (Wildman–Crippen LogP) is 3.80. The Morgan fingerprint density at radius 2 is 2.06 bits per heavy atom. The number of nitrogens with zero attached hydrogens (tertiary/aromatic N) is 3. The molecule has 3 aromatic rings. The molecule has 1 fully saturated rings. The van der Waals surface area contributed by atoms with Crippen LogP contribution in [0.15, 0.2) is 60.8 Å². The first-order valence-electron chi connectivity index (χ1n) is 11.3. The zero-order valence-corrected chi connectivity index (χ0v) is 18.6. The molecule has 1 atom stereocenters. The number of carbonyl (C=O) groups is 1. The second-order valence-corrected chi connectivity index (χ2v) is 8.49. The normalized spacial score (nSPS) is 17.9. The molecule has 2 aliphatic rings. The van der Waals surface area contributed by atoms with Gasteiger partial charge in [0.15, 0.2) is 0 Å². The fourth-order valence-electron chi connectivity index (χ4n) is 4.58. The summed E-state index contributed by atoms with van der Waals surface area (Å²) in [6, 6.07) is 16.7. The zero-order chi connectivity index (χ0) is 22.8. The Morgan fingerprint density at radius 3 is 2.82 bits per heavy atom. The Morgan fingerprint density at radius 1 is 1.15 bits per heavy atom. The van der Waals surface area contributed by atoms with Crippen molar-refractivity contribution in [2.45, 2.75) is 25.5 Å². The first kappa shape index (κ1) is 21.4. The van der Waals surface area contributed by atoms with Crippen molar-refractivity contribution in [3.05, 3.63) is 83.4 Å². The highest BCUT2D eigenvalue weighted by atomic mass is 19.1. The van der Waals surface area contributed by atoms with Crippen molar-refractivity contribution in [3.8, 4) is 5.75 Å². The van der Waals surface area contributed by atoms with E-state index in [4.69, 9.17) is 4.74 Å². The van der Waals surface area contributed by atoms with Crippen LogP contribution in [0.4, 0.5) is 15.8 Å². The maximum absolute atomic E-state index is 15.0. The Kier molecular flexibility index (Phi) is 5.96. The summed E-state index contributed by atoms with van der Waals surface area (Å²) in [4.78, 5) is 21.1. The van der Waals surface area contributed by atoms with Gasteiger partial charge in [0.25, 0.3) is 5.91 Å². The van der Waals surface area contributed by atoms with E-state index < -0.39 is 0 Å². The van der Waals surface area contributed by atoms with Crippen LogP contribution in [0.1, 0.15) is 28.0 Å². The summed E-state index contributed by atoms with van der Waals surface area (Å²) in [5.41, 5.74) is 3.61. The molecule has 0 spiro atoms. The predicted molar refractivity (Wildman–Crippen MR) is 126 cm³/mol. The van der Waals surface area contributed by atoms with Crippen LogP contribution < -0.4 is 19.9 Å². The number of nitrogens with one attached hydrogen (secondary N) is 1. The Balaban J connectivity index is 1.29. The average molecular weight is 447 g/mol. The van der Waals surface area contributed by atoms with Gasteiger partial charge in [0, 0.05) is 43.1 Å². The van der Waals surface area contributed by atoms with Gasteiger partial charge in [-0.1, -0.05) is 6.07 Å². The van der Waals surface area contributed by atoms with Crippen molar-refractivity contribution in [2.75, 3.05) is 36.5 Å². The largest absolute Gasteiger partial charge is 0.487 e. The van der Waals surface area contributed by atoms with Gasteiger partial charge >= 0.3 is 0 Å². The summed E-state index contributed by atoms with van der Waals surface area (Å²) in [6.07, 6.45) is 3.41. The molecule has 6 nitrogen and oxygen atoms in total. The van der Waals surface area contributed by atoms with E-state index in [9.17, 15) is 9.18 Å².